The van der Waals surface area contributed by atoms with Crippen molar-refractivity contribution in [1.82, 2.24) is 0 Å². The molecule has 2 aromatic rings. The van der Waals surface area contributed by atoms with Crippen LogP contribution in [-0.4, -0.2) is 36.9 Å². The molecule has 0 fully saturated rings. The van der Waals surface area contributed by atoms with E-state index in [1.54, 1.807) is 0 Å². The second-order valence-electron chi connectivity index (χ2n) is 5.92. The van der Waals surface area contributed by atoms with Gasteiger partial charge >= 0.3 is 5.97 Å². The summed E-state index contributed by atoms with van der Waals surface area (Å²) in [5, 5.41) is 10.4. The first-order chi connectivity index (χ1) is 13.2. The molecule has 28 heavy (non-hydrogen) atoms. The van der Waals surface area contributed by atoms with Crippen molar-refractivity contribution in [2.45, 2.75) is 13.5 Å². The maximum absolute atomic E-state index is 13.2. The van der Waals surface area contributed by atoms with E-state index in [2.05, 4.69) is 31.9 Å². The number of ether oxygens (including phenoxy) is 3. The predicted molar refractivity (Wildman–Crippen MR) is 105 cm³/mol. The third-order valence-electron chi connectivity index (χ3n) is 4.25. The minimum absolute atomic E-state index is 0.00628. The number of methoxy groups -OCH3 is 2. The van der Waals surface area contributed by atoms with E-state index in [0.717, 1.165) is 0 Å². The highest BCUT2D eigenvalue weighted by atomic mass is 79.9. The van der Waals surface area contributed by atoms with Crippen LogP contribution in [0.4, 0.5) is 0 Å². The zero-order valence-electron chi connectivity index (χ0n) is 15.0. The van der Waals surface area contributed by atoms with E-state index in [1.165, 1.54) is 33.3 Å². The summed E-state index contributed by atoms with van der Waals surface area (Å²) in [4.78, 5) is 37.5. The maximum atomic E-state index is 13.2. The van der Waals surface area contributed by atoms with E-state index in [1.807, 2.05) is 0 Å². The molecule has 0 aliphatic heterocycles. The van der Waals surface area contributed by atoms with Gasteiger partial charge in [-0.25, -0.2) is 0 Å². The number of phenolic OH excluding ortho intramolecular Hbond substituents is 1. The average Bonchev–Trinajstić information content (AvgIpc) is 2.64. The lowest BCUT2D eigenvalue weighted by Gasteiger charge is -2.24. The van der Waals surface area contributed by atoms with Crippen LogP contribution >= 0.6 is 31.9 Å². The van der Waals surface area contributed by atoms with Crippen LogP contribution in [0.5, 0.6) is 17.2 Å². The third-order valence-corrected chi connectivity index (χ3v) is 5.72. The Kier molecular flexibility index (Phi) is 5.49. The molecule has 0 amide bonds. The lowest BCUT2D eigenvalue weighted by Crippen LogP contribution is -2.23. The van der Waals surface area contributed by atoms with E-state index in [9.17, 15) is 19.5 Å². The second-order valence-corrected chi connectivity index (χ2v) is 7.51. The number of phenols is 1. The zero-order chi connectivity index (χ0) is 20.7. The van der Waals surface area contributed by atoms with Gasteiger partial charge in [0.05, 0.1) is 35.4 Å². The van der Waals surface area contributed by atoms with E-state index < -0.39 is 17.5 Å². The number of fused-ring (bicyclic) bond motifs is 2. The molecule has 0 heterocycles. The summed E-state index contributed by atoms with van der Waals surface area (Å²) >= 11 is 6.66. The van der Waals surface area contributed by atoms with Crippen molar-refractivity contribution in [3.63, 3.8) is 0 Å². The molecule has 0 bridgehead atoms. The summed E-state index contributed by atoms with van der Waals surface area (Å²) in [5.41, 5.74) is 0.336. The number of ketones is 2. The molecule has 9 heteroatoms. The van der Waals surface area contributed by atoms with Gasteiger partial charge in [0, 0.05) is 12.5 Å². The summed E-state index contributed by atoms with van der Waals surface area (Å²) in [7, 11) is 2.78. The SMILES string of the molecule is COc1c(Br)c(OC)c2c(c1Br)C(=O)c1cc(COC(C)=O)cc(O)c1C2=O. The van der Waals surface area contributed by atoms with Crippen LogP contribution in [-0.2, 0) is 16.1 Å². The lowest BCUT2D eigenvalue weighted by molar-refractivity contribution is -0.142. The molecule has 0 unspecified atom stereocenters. The van der Waals surface area contributed by atoms with Crippen molar-refractivity contribution in [1.29, 1.82) is 0 Å². The lowest BCUT2D eigenvalue weighted by atomic mass is 9.82. The standard InChI is InChI=1S/C19H14Br2O7/c1-7(22)28-6-8-4-9-11(10(23)5-8)17(25)13-12(16(9)24)14(20)19(27-3)15(21)18(13)26-2/h4-5,23H,6H2,1-3H3. The highest BCUT2D eigenvalue weighted by molar-refractivity contribution is 9.11. The Hall–Kier alpha value is -2.39. The molecule has 0 atom stereocenters. The van der Waals surface area contributed by atoms with Gasteiger partial charge in [0.1, 0.15) is 22.6 Å². The smallest absolute Gasteiger partial charge is 0.302 e. The summed E-state index contributed by atoms with van der Waals surface area (Å²) in [6, 6.07) is 2.71. The number of carbonyl (C=O) groups is 3. The number of aromatic hydroxyl groups is 1. The topological polar surface area (TPSA) is 99.1 Å². The van der Waals surface area contributed by atoms with Gasteiger partial charge in [0.2, 0.25) is 5.78 Å². The van der Waals surface area contributed by atoms with E-state index >= 15 is 0 Å². The fraction of sp³-hybridized carbons (Fsp3) is 0.211. The fourth-order valence-corrected chi connectivity index (χ4v) is 4.80. The van der Waals surface area contributed by atoms with Gasteiger partial charge in [-0.2, -0.15) is 0 Å². The molecule has 0 radical (unpaired) electrons. The maximum Gasteiger partial charge on any atom is 0.302 e. The normalized spacial score (nSPS) is 12.3. The second kappa shape index (κ2) is 7.56. The molecular formula is C19H14Br2O7. The Balaban J connectivity index is 2.28. The molecule has 1 aliphatic carbocycles. The highest BCUT2D eigenvalue weighted by Crippen LogP contribution is 2.49. The Morgan fingerprint density at radius 3 is 2.18 bits per heavy atom. The monoisotopic (exact) mass is 512 g/mol. The largest absolute Gasteiger partial charge is 0.507 e. The van der Waals surface area contributed by atoms with Crippen LogP contribution in [0.1, 0.15) is 44.3 Å². The van der Waals surface area contributed by atoms with Gasteiger partial charge in [-0.05, 0) is 49.6 Å². The Bertz CT molecular complexity index is 1040. The first-order valence-corrected chi connectivity index (χ1v) is 9.53. The molecule has 0 aromatic heterocycles. The number of carbonyl (C=O) groups excluding carboxylic acids is 3. The zero-order valence-corrected chi connectivity index (χ0v) is 18.2. The molecule has 0 spiro atoms. The molecule has 7 nitrogen and oxygen atoms in total. The molecule has 1 N–H and O–H groups in total. The summed E-state index contributed by atoms with van der Waals surface area (Å²) in [6.07, 6.45) is 0. The van der Waals surface area contributed by atoms with Gasteiger partial charge in [0.15, 0.2) is 11.5 Å². The summed E-state index contributed by atoms with van der Waals surface area (Å²) < 4.78 is 16.2. The molecule has 0 saturated heterocycles. The van der Waals surface area contributed by atoms with Crippen LogP contribution in [0.25, 0.3) is 0 Å². The molecule has 146 valence electrons. The Morgan fingerprint density at radius 1 is 0.964 bits per heavy atom. The van der Waals surface area contributed by atoms with Crippen molar-refractivity contribution in [2.24, 2.45) is 0 Å². The van der Waals surface area contributed by atoms with Crippen LogP contribution in [0.2, 0.25) is 0 Å². The molecule has 0 saturated carbocycles. The number of hydrogen-bond acceptors (Lipinski definition) is 7. The van der Waals surface area contributed by atoms with Crippen molar-refractivity contribution >= 4 is 49.4 Å². The minimum atomic E-state index is -0.568. The summed E-state index contributed by atoms with van der Waals surface area (Å²) in [6.45, 7) is 1.11. The quantitative estimate of drug-likeness (QED) is 0.530. The minimum Gasteiger partial charge on any atom is -0.507 e. The van der Waals surface area contributed by atoms with Crippen molar-refractivity contribution in [3.05, 3.63) is 48.9 Å². The summed E-state index contributed by atoms with van der Waals surface area (Å²) in [5.74, 6) is -1.54. The number of halogens is 2. The number of rotatable bonds is 4. The molecule has 2 aromatic carbocycles. The molecule has 3 rings (SSSR count). The van der Waals surface area contributed by atoms with Gasteiger partial charge in [0.25, 0.3) is 0 Å². The van der Waals surface area contributed by atoms with Gasteiger partial charge < -0.3 is 19.3 Å². The average molecular weight is 514 g/mol. The fourth-order valence-electron chi connectivity index (χ4n) is 3.08. The predicted octanol–water partition coefficient (Wildman–Crippen LogP) is 3.77. The van der Waals surface area contributed by atoms with Gasteiger partial charge in [-0.1, -0.05) is 0 Å². The van der Waals surface area contributed by atoms with Crippen molar-refractivity contribution in [2.75, 3.05) is 14.2 Å². The van der Waals surface area contributed by atoms with Crippen molar-refractivity contribution < 1.29 is 33.7 Å². The van der Waals surface area contributed by atoms with Crippen LogP contribution in [0.15, 0.2) is 21.1 Å². The number of hydrogen-bond donors (Lipinski definition) is 1. The van der Waals surface area contributed by atoms with E-state index in [0.29, 0.717) is 15.8 Å². The van der Waals surface area contributed by atoms with Crippen LogP contribution in [0.3, 0.4) is 0 Å². The number of esters is 1. The van der Waals surface area contributed by atoms with Gasteiger partial charge in [-0.3, -0.25) is 14.4 Å². The van der Waals surface area contributed by atoms with E-state index in [4.69, 9.17) is 14.2 Å². The molecular weight excluding hydrogens is 500 g/mol. The Morgan fingerprint density at radius 2 is 1.61 bits per heavy atom. The Labute approximate surface area is 176 Å². The highest BCUT2D eigenvalue weighted by Gasteiger charge is 2.39. The van der Waals surface area contributed by atoms with Crippen LogP contribution in [0, 0.1) is 0 Å². The number of benzene rings is 2. The van der Waals surface area contributed by atoms with Gasteiger partial charge in [-0.15, -0.1) is 0 Å². The first-order valence-electron chi connectivity index (χ1n) is 7.94. The van der Waals surface area contributed by atoms with Crippen LogP contribution < -0.4 is 9.47 Å². The van der Waals surface area contributed by atoms with Crippen molar-refractivity contribution in [3.8, 4) is 17.2 Å². The first kappa shape index (κ1) is 20.3. The van der Waals surface area contributed by atoms with E-state index in [-0.39, 0.29) is 44.8 Å². The third kappa shape index (κ3) is 3.08. The molecule has 1 aliphatic rings.